The molecule has 3 aromatic rings. The molecule has 0 fully saturated rings. The van der Waals surface area contributed by atoms with Gasteiger partial charge < -0.3 is 20.3 Å². The van der Waals surface area contributed by atoms with Gasteiger partial charge in [-0.15, -0.1) is 24.0 Å². The van der Waals surface area contributed by atoms with Gasteiger partial charge in [0.25, 0.3) is 0 Å². The lowest BCUT2D eigenvalue weighted by Crippen LogP contribution is -2.38. The SMILES string of the molecule is CCNC(=NCCCn1c(C)nc2ccccc21)NCCCc1ccc(O)cc1.I. The van der Waals surface area contributed by atoms with Gasteiger partial charge in [-0.1, -0.05) is 24.3 Å². The minimum Gasteiger partial charge on any atom is -0.508 e. The van der Waals surface area contributed by atoms with Crippen molar-refractivity contribution in [1.82, 2.24) is 20.2 Å². The highest BCUT2D eigenvalue weighted by Crippen LogP contribution is 2.15. The van der Waals surface area contributed by atoms with Crippen molar-refractivity contribution in [2.75, 3.05) is 19.6 Å². The lowest BCUT2D eigenvalue weighted by molar-refractivity contribution is 0.475. The van der Waals surface area contributed by atoms with E-state index in [9.17, 15) is 5.11 Å². The number of nitrogens with zero attached hydrogens (tertiary/aromatic N) is 3. The molecule has 1 aromatic heterocycles. The smallest absolute Gasteiger partial charge is 0.191 e. The second kappa shape index (κ2) is 12.4. The van der Waals surface area contributed by atoms with E-state index in [0.717, 1.165) is 62.7 Å². The number of aliphatic imine (C=N–C) groups is 1. The molecular formula is C23H32IN5O. The Labute approximate surface area is 195 Å². The van der Waals surface area contributed by atoms with Gasteiger partial charge in [-0.2, -0.15) is 0 Å². The maximum absolute atomic E-state index is 9.35. The highest BCUT2D eigenvalue weighted by molar-refractivity contribution is 14.0. The van der Waals surface area contributed by atoms with Gasteiger partial charge in [0.2, 0.25) is 0 Å². The van der Waals surface area contributed by atoms with Crippen molar-refractivity contribution in [2.24, 2.45) is 4.99 Å². The third-order valence-electron chi connectivity index (χ3n) is 4.87. The summed E-state index contributed by atoms with van der Waals surface area (Å²) in [7, 11) is 0. The number of imidazole rings is 1. The fourth-order valence-electron chi connectivity index (χ4n) is 3.40. The molecule has 0 saturated carbocycles. The number of phenolic OH excluding ortho intramolecular Hbond substituents is 1. The topological polar surface area (TPSA) is 74.5 Å². The Morgan fingerprint density at radius 3 is 2.60 bits per heavy atom. The van der Waals surface area contributed by atoms with Gasteiger partial charge in [-0.3, -0.25) is 4.99 Å². The van der Waals surface area contributed by atoms with Crippen molar-refractivity contribution in [3.63, 3.8) is 0 Å². The Morgan fingerprint density at radius 1 is 1.07 bits per heavy atom. The Balaban J connectivity index is 0.00000320. The molecule has 0 bridgehead atoms. The molecule has 0 atom stereocenters. The van der Waals surface area contributed by atoms with Crippen LogP contribution in [0.4, 0.5) is 0 Å². The first kappa shape index (κ1) is 24.0. The molecule has 30 heavy (non-hydrogen) atoms. The molecule has 162 valence electrons. The van der Waals surface area contributed by atoms with Crippen molar-refractivity contribution in [3.8, 4) is 5.75 Å². The number of nitrogens with one attached hydrogen (secondary N) is 2. The summed E-state index contributed by atoms with van der Waals surface area (Å²) in [5, 5.41) is 16.1. The predicted octanol–water partition coefficient (Wildman–Crippen LogP) is 4.25. The molecule has 3 N–H and O–H groups in total. The first-order chi connectivity index (χ1) is 14.2. The van der Waals surface area contributed by atoms with Crippen LogP contribution in [0.25, 0.3) is 11.0 Å². The molecule has 1 heterocycles. The number of hydrogen-bond acceptors (Lipinski definition) is 3. The third kappa shape index (κ3) is 6.90. The van der Waals surface area contributed by atoms with E-state index in [1.807, 2.05) is 18.2 Å². The Kier molecular flexibility index (Phi) is 9.93. The third-order valence-corrected chi connectivity index (χ3v) is 4.87. The highest BCUT2D eigenvalue weighted by Gasteiger charge is 2.06. The summed E-state index contributed by atoms with van der Waals surface area (Å²) in [6.07, 6.45) is 2.94. The molecule has 0 radical (unpaired) electrons. The number of rotatable bonds is 9. The van der Waals surface area contributed by atoms with Crippen LogP contribution in [0.2, 0.25) is 0 Å². The average molecular weight is 521 g/mol. The number of halogens is 1. The van der Waals surface area contributed by atoms with Gasteiger partial charge >= 0.3 is 0 Å². The van der Waals surface area contributed by atoms with E-state index >= 15 is 0 Å². The summed E-state index contributed by atoms with van der Waals surface area (Å²) in [4.78, 5) is 9.33. The first-order valence-electron chi connectivity index (χ1n) is 10.4. The molecule has 0 aliphatic rings. The van der Waals surface area contributed by atoms with Crippen molar-refractivity contribution in [3.05, 3.63) is 59.9 Å². The van der Waals surface area contributed by atoms with Gasteiger partial charge in [0.05, 0.1) is 11.0 Å². The molecule has 0 aliphatic carbocycles. The molecule has 0 amide bonds. The van der Waals surface area contributed by atoms with E-state index in [2.05, 4.69) is 52.2 Å². The van der Waals surface area contributed by atoms with Crippen molar-refractivity contribution >= 4 is 41.0 Å². The predicted molar refractivity (Wildman–Crippen MR) is 135 cm³/mol. The molecule has 2 aromatic carbocycles. The van der Waals surface area contributed by atoms with Crippen LogP contribution in [-0.2, 0) is 13.0 Å². The summed E-state index contributed by atoms with van der Waals surface area (Å²) < 4.78 is 2.27. The van der Waals surface area contributed by atoms with Crippen molar-refractivity contribution in [1.29, 1.82) is 0 Å². The van der Waals surface area contributed by atoms with E-state index in [1.165, 1.54) is 11.1 Å². The number of aryl methyl sites for hydroxylation is 3. The van der Waals surface area contributed by atoms with Gasteiger partial charge in [0.1, 0.15) is 11.6 Å². The minimum absolute atomic E-state index is 0. The molecule has 0 aliphatic heterocycles. The maximum Gasteiger partial charge on any atom is 0.191 e. The summed E-state index contributed by atoms with van der Waals surface area (Å²) >= 11 is 0. The normalized spacial score (nSPS) is 11.3. The zero-order chi connectivity index (χ0) is 20.5. The zero-order valence-corrected chi connectivity index (χ0v) is 20.1. The Hall–Kier alpha value is -2.29. The van der Waals surface area contributed by atoms with Crippen LogP contribution in [0.3, 0.4) is 0 Å². The summed E-state index contributed by atoms with van der Waals surface area (Å²) in [6.45, 7) is 7.51. The molecule has 3 rings (SSSR count). The van der Waals surface area contributed by atoms with E-state index in [0.29, 0.717) is 5.75 Å². The Bertz CT molecular complexity index is 936. The average Bonchev–Trinajstić information content (AvgIpc) is 3.05. The van der Waals surface area contributed by atoms with Crippen molar-refractivity contribution < 1.29 is 5.11 Å². The second-order valence-corrected chi connectivity index (χ2v) is 7.11. The number of fused-ring (bicyclic) bond motifs is 1. The largest absolute Gasteiger partial charge is 0.508 e. The van der Waals surface area contributed by atoms with Crippen LogP contribution in [-0.4, -0.2) is 40.3 Å². The van der Waals surface area contributed by atoms with Crippen molar-refractivity contribution in [2.45, 2.75) is 39.7 Å². The zero-order valence-electron chi connectivity index (χ0n) is 17.8. The van der Waals surface area contributed by atoms with E-state index in [1.54, 1.807) is 12.1 Å². The quantitative estimate of drug-likeness (QED) is 0.171. The standard InChI is InChI=1S/C23H31N5O.HI/c1-3-24-23(25-15-6-8-19-11-13-20(29)14-12-19)26-16-7-17-28-18(2)27-21-9-4-5-10-22(21)28;/h4-5,9-14,29H,3,6-8,15-17H2,1-2H3,(H2,24,25,26);1H. The van der Waals surface area contributed by atoms with E-state index < -0.39 is 0 Å². The number of phenols is 1. The van der Waals surface area contributed by atoms with Crippen LogP contribution in [0.1, 0.15) is 31.2 Å². The fraction of sp³-hybridized carbons (Fsp3) is 0.391. The second-order valence-electron chi connectivity index (χ2n) is 7.11. The lowest BCUT2D eigenvalue weighted by Gasteiger charge is -2.12. The first-order valence-corrected chi connectivity index (χ1v) is 10.4. The Morgan fingerprint density at radius 2 is 1.83 bits per heavy atom. The van der Waals surface area contributed by atoms with Gasteiger partial charge in [0, 0.05) is 26.2 Å². The molecule has 0 unspecified atom stereocenters. The molecule has 0 spiro atoms. The maximum atomic E-state index is 9.35. The van der Waals surface area contributed by atoms with Crippen LogP contribution >= 0.6 is 24.0 Å². The minimum atomic E-state index is 0. The molecule has 6 nitrogen and oxygen atoms in total. The highest BCUT2D eigenvalue weighted by atomic mass is 127. The van der Waals surface area contributed by atoms with Crippen LogP contribution in [0.5, 0.6) is 5.75 Å². The number of hydrogen-bond donors (Lipinski definition) is 3. The molecule has 0 saturated heterocycles. The van der Waals surface area contributed by atoms with Gasteiger partial charge in [-0.05, 0) is 62.9 Å². The number of para-hydroxylation sites is 2. The monoisotopic (exact) mass is 521 g/mol. The van der Waals surface area contributed by atoms with Crippen LogP contribution in [0.15, 0.2) is 53.5 Å². The van der Waals surface area contributed by atoms with Crippen LogP contribution < -0.4 is 10.6 Å². The van der Waals surface area contributed by atoms with Gasteiger partial charge in [0.15, 0.2) is 5.96 Å². The number of benzene rings is 2. The number of guanidine groups is 1. The summed E-state index contributed by atoms with van der Waals surface area (Å²) in [6, 6.07) is 15.7. The molecule has 7 heteroatoms. The lowest BCUT2D eigenvalue weighted by atomic mass is 10.1. The van der Waals surface area contributed by atoms with Crippen LogP contribution in [0, 0.1) is 6.92 Å². The molecular weight excluding hydrogens is 489 g/mol. The summed E-state index contributed by atoms with van der Waals surface area (Å²) in [5.41, 5.74) is 3.47. The van der Waals surface area contributed by atoms with E-state index in [-0.39, 0.29) is 24.0 Å². The summed E-state index contributed by atoms with van der Waals surface area (Å²) in [5.74, 6) is 2.23. The van der Waals surface area contributed by atoms with E-state index in [4.69, 9.17) is 4.99 Å². The number of aromatic nitrogens is 2. The van der Waals surface area contributed by atoms with Gasteiger partial charge in [-0.25, -0.2) is 4.98 Å². The fourth-order valence-corrected chi connectivity index (χ4v) is 3.40. The number of aromatic hydroxyl groups is 1.